The van der Waals surface area contributed by atoms with Crippen LogP contribution in [0.15, 0.2) is 75.6 Å². The zero-order valence-electron chi connectivity index (χ0n) is 22.6. The van der Waals surface area contributed by atoms with Crippen LogP contribution in [0.5, 0.6) is 0 Å². The van der Waals surface area contributed by atoms with E-state index in [0.717, 1.165) is 22.8 Å². The summed E-state index contributed by atoms with van der Waals surface area (Å²) in [4.78, 5) is 0. The van der Waals surface area contributed by atoms with Crippen molar-refractivity contribution in [1.29, 1.82) is 0 Å². The first-order valence-corrected chi connectivity index (χ1v) is 17.1. The highest BCUT2D eigenvalue weighted by atomic mass is 31.2. The van der Waals surface area contributed by atoms with E-state index in [1.165, 1.54) is 64.2 Å². The molecule has 2 N–H and O–H groups in total. The molecule has 0 amide bonds. The van der Waals surface area contributed by atoms with Crippen LogP contribution in [0.3, 0.4) is 0 Å². The zero-order valence-corrected chi connectivity index (χ0v) is 24.4. The van der Waals surface area contributed by atoms with Gasteiger partial charge in [-0.1, -0.05) is 99.2 Å². The van der Waals surface area contributed by atoms with Crippen molar-refractivity contribution in [2.45, 2.75) is 76.3 Å². The minimum absolute atomic E-state index is 0.420. The van der Waals surface area contributed by atoms with Crippen molar-refractivity contribution in [2.75, 3.05) is 14.1 Å². The van der Waals surface area contributed by atoms with Crippen molar-refractivity contribution in [3.05, 3.63) is 71.8 Å². The molecule has 0 radical (unpaired) electrons. The molecule has 2 fully saturated rings. The Morgan fingerprint density at radius 2 is 1.32 bits per heavy atom. The van der Waals surface area contributed by atoms with Gasteiger partial charge < -0.3 is 0 Å². The summed E-state index contributed by atoms with van der Waals surface area (Å²) in [5, 5.41) is 18.5. The molecule has 2 aromatic rings. The predicted octanol–water partition coefficient (Wildman–Crippen LogP) is 6.92. The fraction of sp³-hybridized carbons (Fsp3) is 0.500. The Balaban J connectivity index is 1.46. The van der Waals surface area contributed by atoms with Gasteiger partial charge in [0.05, 0.1) is 0 Å². The van der Waals surface area contributed by atoms with Crippen LogP contribution in [0.1, 0.15) is 75.3 Å². The Kier molecular flexibility index (Phi) is 7.85. The monoisotopic (exact) mass is 550 g/mol. The van der Waals surface area contributed by atoms with Gasteiger partial charge in [-0.25, -0.2) is 19.1 Å². The largest absolute Gasteiger partial charge is 0.257 e. The summed E-state index contributed by atoms with van der Waals surface area (Å²) in [6, 6.07) is 22.0. The number of rotatable bonds is 7. The van der Waals surface area contributed by atoms with Gasteiger partial charge in [0.1, 0.15) is 0 Å². The normalized spacial score (nSPS) is 26.9. The van der Waals surface area contributed by atoms with Crippen molar-refractivity contribution in [3.8, 4) is 0 Å². The molecule has 0 saturated heterocycles. The van der Waals surface area contributed by atoms with E-state index in [9.17, 15) is 0 Å². The number of hydrazone groups is 2. The second kappa shape index (κ2) is 11.5. The maximum absolute atomic E-state index is 5.57. The molecule has 2 atom stereocenters. The topological polar surface area (TPSA) is 70.9 Å². The summed E-state index contributed by atoms with van der Waals surface area (Å²) < 4.78 is 12.4. The molecule has 4 aliphatic rings. The summed E-state index contributed by atoms with van der Waals surface area (Å²) in [5.74, 6) is 1.79. The van der Waals surface area contributed by atoms with Crippen molar-refractivity contribution < 1.29 is 0 Å². The molecule has 202 valence electrons. The lowest BCUT2D eigenvalue weighted by Gasteiger charge is -2.44. The Labute approximate surface area is 228 Å². The Hall–Kier alpha value is -2.24. The standard InChI is InChI=1S/C28H40N8P2/c1-34-30-28(24-17-9-4-10-18-24)36(37(34)31-25-19-11-5-12-20-25)38(32-26-21-13-6-14-22-26)33-27(29-35(38)2)23-15-7-3-8-16-23/h3-4,7-10,15-18,25-26,31-32H,5-6,11-14,19-22H2,1-2H3. The summed E-state index contributed by atoms with van der Waals surface area (Å²) in [5.41, 5.74) is 2.18. The van der Waals surface area contributed by atoms with E-state index >= 15 is 0 Å². The van der Waals surface area contributed by atoms with E-state index in [-0.39, 0.29) is 0 Å². The molecule has 2 aromatic carbocycles. The lowest BCUT2D eigenvalue weighted by molar-refractivity contribution is 0.404. The quantitative estimate of drug-likeness (QED) is 0.366. The Morgan fingerprint density at radius 3 is 1.95 bits per heavy atom. The predicted molar refractivity (Wildman–Crippen MR) is 160 cm³/mol. The van der Waals surface area contributed by atoms with Gasteiger partial charge in [-0.05, 0) is 25.7 Å². The van der Waals surface area contributed by atoms with Gasteiger partial charge in [0.25, 0.3) is 0 Å². The molecule has 0 spiro atoms. The fourth-order valence-corrected chi connectivity index (χ4v) is 12.2. The molecule has 8 nitrogen and oxygen atoms in total. The molecule has 6 rings (SSSR count). The van der Waals surface area contributed by atoms with E-state index in [2.05, 4.69) is 92.9 Å². The molecule has 38 heavy (non-hydrogen) atoms. The summed E-state index contributed by atoms with van der Waals surface area (Å²) in [7, 11) is 0.739. The number of nitrogens with zero attached hydrogens (tertiary/aromatic N) is 6. The minimum Gasteiger partial charge on any atom is -0.257 e. The average molecular weight is 551 g/mol. The minimum atomic E-state index is -2.53. The van der Waals surface area contributed by atoms with Gasteiger partial charge in [-0.15, -0.1) is 5.10 Å². The second-order valence-electron chi connectivity index (χ2n) is 10.7. The lowest BCUT2D eigenvalue weighted by Crippen LogP contribution is -2.42. The van der Waals surface area contributed by atoms with Crippen LogP contribution in [-0.2, 0) is 0 Å². The van der Waals surface area contributed by atoms with Crippen LogP contribution in [0.25, 0.3) is 0 Å². The van der Waals surface area contributed by atoms with Gasteiger partial charge in [0.15, 0.2) is 11.7 Å². The third-order valence-electron chi connectivity index (χ3n) is 7.95. The smallest absolute Gasteiger partial charge is 0.244 e. The summed E-state index contributed by atoms with van der Waals surface area (Å²) >= 11 is 0. The maximum atomic E-state index is 5.57. The van der Waals surface area contributed by atoms with Gasteiger partial charge in [-0.2, -0.15) is 9.85 Å². The molecule has 2 heterocycles. The van der Waals surface area contributed by atoms with Crippen molar-refractivity contribution in [1.82, 2.24) is 24.2 Å². The van der Waals surface area contributed by atoms with Gasteiger partial charge in [0.2, 0.25) is 15.9 Å². The second-order valence-corrected chi connectivity index (χ2v) is 15.4. The third-order valence-corrected chi connectivity index (χ3v) is 13.8. The first-order valence-electron chi connectivity index (χ1n) is 14.2. The number of nitrogens with one attached hydrogen (secondary N) is 2. The summed E-state index contributed by atoms with van der Waals surface area (Å²) in [6.07, 6.45) is 12.6. The highest BCUT2D eigenvalue weighted by Gasteiger charge is 2.50. The van der Waals surface area contributed by atoms with Crippen LogP contribution >= 0.6 is 15.9 Å². The Bertz CT molecular complexity index is 1210. The Morgan fingerprint density at radius 1 is 0.737 bits per heavy atom. The maximum Gasteiger partial charge on any atom is 0.244 e. The zero-order chi connectivity index (χ0) is 26.0. The van der Waals surface area contributed by atoms with E-state index in [0.29, 0.717) is 12.1 Å². The molecular weight excluding hydrogens is 510 g/mol. The van der Waals surface area contributed by atoms with E-state index in [1.54, 1.807) is 0 Å². The van der Waals surface area contributed by atoms with E-state index in [1.807, 2.05) is 6.07 Å². The molecule has 2 unspecified atom stereocenters. The highest BCUT2D eigenvalue weighted by Crippen LogP contribution is 2.68. The molecule has 0 aromatic heterocycles. The van der Waals surface area contributed by atoms with Crippen LogP contribution in [0.4, 0.5) is 0 Å². The van der Waals surface area contributed by atoms with Crippen molar-refractivity contribution >= 4 is 27.6 Å². The number of benzene rings is 2. The molecular formula is C28H40N8P2. The molecule has 2 aliphatic heterocycles. The van der Waals surface area contributed by atoms with E-state index < -0.39 is 15.9 Å². The third kappa shape index (κ3) is 5.16. The lowest BCUT2D eigenvalue weighted by atomic mass is 9.96. The molecule has 2 saturated carbocycles. The highest BCUT2D eigenvalue weighted by molar-refractivity contribution is 7.72. The van der Waals surface area contributed by atoms with E-state index in [4.69, 9.17) is 14.9 Å². The van der Waals surface area contributed by atoms with Crippen LogP contribution in [0.2, 0.25) is 0 Å². The van der Waals surface area contributed by atoms with Crippen LogP contribution in [0, 0.1) is 0 Å². The fourth-order valence-electron chi connectivity index (χ4n) is 5.90. The number of hydrogen-bond donors (Lipinski definition) is 2. The first kappa shape index (κ1) is 26.0. The van der Waals surface area contributed by atoms with Crippen molar-refractivity contribution in [3.63, 3.8) is 0 Å². The van der Waals surface area contributed by atoms with Crippen LogP contribution < -0.4 is 10.2 Å². The van der Waals surface area contributed by atoms with Gasteiger partial charge >= 0.3 is 0 Å². The molecule has 0 bridgehead atoms. The SMILES string of the molecule is CN1N=C(c2ccccc2)N(P2(NC3CCCCC3)=NC(c3ccccc3)=NN2C)P1NC1CCCCC1. The first-order chi connectivity index (χ1) is 18.6. The van der Waals surface area contributed by atoms with Crippen LogP contribution in [-0.4, -0.2) is 51.9 Å². The molecule has 2 aliphatic carbocycles. The molecule has 10 heteroatoms. The van der Waals surface area contributed by atoms with Gasteiger partial charge in [-0.3, -0.25) is 5.09 Å². The number of amidine groups is 2. The summed E-state index contributed by atoms with van der Waals surface area (Å²) in [6.45, 7) is 0. The van der Waals surface area contributed by atoms with Crippen molar-refractivity contribution in [2.24, 2.45) is 14.9 Å². The number of hydrogen-bond acceptors (Lipinski definition) is 8. The van der Waals surface area contributed by atoms with Gasteiger partial charge in [0, 0.05) is 37.3 Å². The average Bonchev–Trinajstić information content (AvgIpc) is 3.47.